The van der Waals surface area contributed by atoms with Gasteiger partial charge < -0.3 is 14.9 Å². The van der Waals surface area contributed by atoms with Crippen molar-refractivity contribution in [3.05, 3.63) is 64.7 Å². The van der Waals surface area contributed by atoms with Gasteiger partial charge in [0.1, 0.15) is 5.75 Å². The minimum Gasteiger partial charge on any atom is -0.496 e. The predicted octanol–water partition coefficient (Wildman–Crippen LogP) is 3.11. The molecule has 0 fully saturated rings. The second-order valence-electron chi connectivity index (χ2n) is 5.34. The topological polar surface area (TPSA) is 83.8 Å². The van der Waals surface area contributed by atoms with Gasteiger partial charge in [-0.25, -0.2) is 4.79 Å². The molecule has 1 atom stereocenters. The molecule has 2 aromatic carbocycles. The summed E-state index contributed by atoms with van der Waals surface area (Å²) in [6.07, 6.45) is 0.259. The zero-order chi connectivity index (χ0) is 17.0. The van der Waals surface area contributed by atoms with Crippen LogP contribution in [0.5, 0.6) is 5.75 Å². The number of carbonyl (C=O) groups is 2. The zero-order valence-corrected chi connectivity index (χ0v) is 12.9. The maximum atomic E-state index is 11.7. The van der Waals surface area contributed by atoms with E-state index in [4.69, 9.17) is 9.84 Å². The zero-order valence-electron chi connectivity index (χ0n) is 12.9. The lowest BCUT2D eigenvalue weighted by Crippen LogP contribution is -2.16. The summed E-state index contributed by atoms with van der Waals surface area (Å²) >= 11 is 0. The highest BCUT2D eigenvalue weighted by molar-refractivity contribution is 5.87. The molecule has 0 aliphatic rings. The van der Waals surface area contributed by atoms with Crippen LogP contribution in [-0.2, 0) is 11.2 Å². The number of rotatable bonds is 6. The minimum atomic E-state index is -1.01. The van der Waals surface area contributed by atoms with Crippen LogP contribution in [-0.4, -0.2) is 29.3 Å². The van der Waals surface area contributed by atoms with Crippen LogP contribution in [0.15, 0.2) is 42.5 Å². The van der Waals surface area contributed by atoms with Crippen molar-refractivity contribution in [1.29, 1.82) is 0 Å². The molecule has 0 saturated heterocycles. The summed E-state index contributed by atoms with van der Waals surface area (Å²) in [7, 11) is 1.51. The number of ether oxygens (including phenoxy) is 1. The van der Waals surface area contributed by atoms with E-state index in [2.05, 4.69) is 0 Å². The molecule has 2 rings (SSSR count). The second-order valence-corrected chi connectivity index (χ2v) is 5.34. The standard InChI is InChI=1S/C18H18O5/c1-11-3-8-16(23-2)14(9-11)15(18(21)22)10-12-4-6-13(7-5-12)17(19)20/h3-9,15H,10H2,1-2H3,(H,19,20)(H,21,22). The summed E-state index contributed by atoms with van der Waals surface area (Å²) in [5.41, 5.74) is 2.50. The van der Waals surface area contributed by atoms with E-state index in [-0.39, 0.29) is 12.0 Å². The van der Waals surface area contributed by atoms with E-state index >= 15 is 0 Å². The Labute approximate surface area is 134 Å². The Morgan fingerprint density at radius 2 is 1.74 bits per heavy atom. The van der Waals surface area contributed by atoms with E-state index in [1.54, 1.807) is 18.2 Å². The van der Waals surface area contributed by atoms with Gasteiger partial charge in [-0.3, -0.25) is 4.79 Å². The predicted molar refractivity (Wildman–Crippen MR) is 85.2 cm³/mol. The molecular formula is C18H18O5. The molecule has 5 heteroatoms. The first-order valence-corrected chi connectivity index (χ1v) is 7.12. The Morgan fingerprint density at radius 3 is 2.26 bits per heavy atom. The number of carboxylic acids is 2. The molecule has 2 N–H and O–H groups in total. The van der Waals surface area contributed by atoms with Crippen LogP contribution in [0.4, 0.5) is 0 Å². The van der Waals surface area contributed by atoms with E-state index in [1.165, 1.54) is 19.2 Å². The van der Waals surface area contributed by atoms with Gasteiger partial charge in [0, 0.05) is 5.56 Å². The Hall–Kier alpha value is -2.82. The van der Waals surface area contributed by atoms with Gasteiger partial charge in [0.15, 0.2) is 0 Å². The monoisotopic (exact) mass is 314 g/mol. The quantitative estimate of drug-likeness (QED) is 0.856. The number of hydrogen-bond acceptors (Lipinski definition) is 3. The normalized spacial score (nSPS) is 11.7. The average molecular weight is 314 g/mol. The van der Waals surface area contributed by atoms with Crippen LogP contribution < -0.4 is 4.74 Å². The van der Waals surface area contributed by atoms with Gasteiger partial charge in [0.25, 0.3) is 0 Å². The van der Waals surface area contributed by atoms with Gasteiger partial charge in [-0.05, 0) is 37.1 Å². The van der Waals surface area contributed by atoms with Crippen molar-refractivity contribution in [3.8, 4) is 5.75 Å². The average Bonchev–Trinajstić information content (AvgIpc) is 2.52. The lowest BCUT2D eigenvalue weighted by Gasteiger charge is -2.17. The molecule has 0 aromatic heterocycles. The minimum absolute atomic E-state index is 0.175. The molecule has 0 bridgehead atoms. The molecule has 0 saturated carbocycles. The van der Waals surface area contributed by atoms with Gasteiger partial charge in [-0.15, -0.1) is 0 Å². The van der Waals surface area contributed by atoms with Crippen LogP contribution in [0, 0.1) is 6.92 Å². The fraction of sp³-hybridized carbons (Fsp3) is 0.222. The molecule has 0 amide bonds. The highest BCUT2D eigenvalue weighted by Gasteiger charge is 2.24. The number of carboxylic acid groups (broad SMARTS) is 2. The van der Waals surface area contributed by atoms with Crippen molar-refractivity contribution >= 4 is 11.9 Å². The number of methoxy groups -OCH3 is 1. The Bertz CT molecular complexity index is 719. The first-order valence-electron chi connectivity index (χ1n) is 7.12. The third-order valence-corrected chi connectivity index (χ3v) is 3.70. The van der Waals surface area contributed by atoms with Crippen molar-refractivity contribution in [2.24, 2.45) is 0 Å². The number of benzene rings is 2. The molecule has 0 aliphatic heterocycles. The third kappa shape index (κ3) is 3.88. The summed E-state index contributed by atoms with van der Waals surface area (Å²) in [6, 6.07) is 11.7. The van der Waals surface area contributed by atoms with E-state index in [0.29, 0.717) is 11.3 Å². The van der Waals surface area contributed by atoms with Crippen molar-refractivity contribution in [1.82, 2.24) is 0 Å². The lowest BCUT2D eigenvalue weighted by atomic mass is 9.90. The van der Waals surface area contributed by atoms with Crippen LogP contribution in [0.3, 0.4) is 0 Å². The van der Waals surface area contributed by atoms with Crippen LogP contribution in [0.2, 0.25) is 0 Å². The third-order valence-electron chi connectivity index (χ3n) is 3.70. The molecule has 1 unspecified atom stereocenters. The van der Waals surface area contributed by atoms with E-state index < -0.39 is 17.9 Å². The number of aryl methyl sites for hydroxylation is 1. The maximum Gasteiger partial charge on any atom is 0.335 e. The summed E-state index contributed by atoms with van der Waals surface area (Å²) in [4.78, 5) is 22.6. The van der Waals surface area contributed by atoms with Gasteiger partial charge >= 0.3 is 11.9 Å². The Kier molecular flexibility index (Phi) is 5.01. The van der Waals surface area contributed by atoms with Crippen LogP contribution in [0.25, 0.3) is 0 Å². The fourth-order valence-electron chi connectivity index (χ4n) is 2.48. The van der Waals surface area contributed by atoms with Gasteiger partial charge in [-0.2, -0.15) is 0 Å². The number of hydrogen-bond donors (Lipinski definition) is 2. The number of aliphatic carboxylic acids is 1. The summed E-state index contributed by atoms with van der Waals surface area (Å²) in [6.45, 7) is 1.89. The summed E-state index contributed by atoms with van der Waals surface area (Å²) in [5.74, 6) is -2.19. The SMILES string of the molecule is COc1ccc(C)cc1C(Cc1ccc(C(=O)O)cc1)C(=O)O. The van der Waals surface area contributed by atoms with Crippen molar-refractivity contribution < 1.29 is 24.5 Å². The molecule has 120 valence electrons. The molecule has 0 radical (unpaired) electrons. The molecule has 0 aliphatic carbocycles. The second kappa shape index (κ2) is 6.96. The summed E-state index contributed by atoms with van der Waals surface area (Å²) < 4.78 is 5.28. The molecular weight excluding hydrogens is 296 g/mol. The lowest BCUT2D eigenvalue weighted by molar-refractivity contribution is -0.138. The first-order chi connectivity index (χ1) is 10.9. The van der Waals surface area contributed by atoms with Crippen molar-refractivity contribution in [2.75, 3.05) is 7.11 Å². The molecule has 0 heterocycles. The molecule has 5 nitrogen and oxygen atoms in total. The number of aromatic carboxylic acids is 1. The van der Waals surface area contributed by atoms with Crippen molar-refractivity contribution in [3.63, 3.8) is 0 Å². The largest absolute Gasteiger partial charge is 0.496 e. The van der Waals surface area contributed by atoms with Gasteiger partial charge in [-0.1, -0.05) is 29.8 Å². The molecule has 2 aromatic rings. The van der Waals surface area contributed by atoms with E-state index in [1.807, 2.05) is 19.1 Å². The van der Waals surface area contributed by atoms with Crippen molar-refractivity contribution in [2.45, 2.75) is 19.3 Å². The molecule has 0 spiro atoms. The maximum absolute atomic E-state index is 11.7. The van der Waals surface area contributed by atoms with E-state index in [0.717, 1.165) is 11.1 Å². The smallest absolute Gasteiger partial charge is 0.335 e. The first kappa shape index (κ1) is 16.5. The summed E-state index contributed by atoms with van der Waals surface area (Å²) in [5, 5.41) is 18.5. The molecule has 23 heavy (non-hydrogen) atoms. The fourth-order valence-corrected chi connectivity index (χ4v) is 2.48. The highest BCUT2D eigenvalue weighted by Crippen LogP contribution is 2.30. The van der Waals surface area contributed by atoms with E-state index in [9.17, 15) is 14.7 Å². The Morgan fingerprint density at radius 1 is 1.09 bits per heavy atom. The van der Waals surface area contributed by atoms with Gasteiger partial charge in [0.05, 0.1) is 18.6 Å². The van der Waals surface area contributed by atoms with Gasteiger partial charge in [0.2, 0.25) is 0 Å². The van der Waals surface area contributed by atoms with Crippen LogP contribution in [0.1, 0.15) is 33.0 Å². The van der Waals surface area contributed by atoms with Crippen LogP contribution >= 0.6 is 0 Å². The Balaban J connectivity index is 2.34. The highest BCUT2D eigenvalue weighted by atomic mass is 16.5.